The summed E-state index contributed by atoms with van der Waals surface area (Å²) >= 11 is 1.77. The second-order valence-electron chi connectivity index (χ2n) is 6.73. The fraction of sp³-hybridized carbons (Fsp3) is 0.300. The number of alkyl halides is 3. The number of aliphatic carboxylic acids is 1. The molecule has 0 atom stereocenters. The number of hydrogen-bond acceptors (Lipinski definition) is 4. The van der Waals surface area contributed by atoms with Gasteiger partial charge in [0.15, 0.2) is 0 Å². The van der Waals surface area contributed by atoms with Gasteiger partial charge in [-0.2, -0.15) is 24.5 Å². The predicted molar refractivity (Wildman–Crippen MR) is 105 cm³/mol. The van der Waals surface area contributed by atoms with Gasteiger partial charge in [-0.15, -0.1) is 0 Å². The van der Waals surface area contributed by atoms with E-state index >= 15 is 0 Å². The minimum atomic E-state index is -5.08. The molecular weight excluding hydrogens is 403 g/mol. The SMILES string of the molecule is Cc1cccc(-c2cnc3n2CCN(Cc2ccsc2)C3)c1.O=C(O)C(F)(F)F. The first-order chi connectivity index (χ1) is 13.7. The second kappa shape index (κ2) is 8.79. The van der Waals surface area contributed by atoms with Crippen molar-refractivity contribution in [2.24, 2.45) is 0 Å². The number of imidazole rings is 1. The van der Waals surface area contributed by atoms with Crippen LogP contribution in [0.4, 0.5) is 13.2 Å². The summed E-state index contributed by atoms with van der Waals surface area (Å²) < 4.78 is 34.1. The van der Waals surface area contributed by atoms with Crippen molar-refractivity contribution in [3.63, 3.8) is 0 Å². The molecule has 0 spiro atoms. The number of carbonyl (C=O) groups is 1. The van der Waals surface area contributed by atoms with Crippen molar-refractivity contribution in [3.8, 4) is 11.3 Å². The lowest BCUT2D eigenvalue weighted by atomic mass is 10.1. The van der Waals surface area contributed by atoms with Gasteiger partial charge in [-0.1, -0.05) is 23.8 Å². The highest BCUT2D eigenvalue weighted by molar-refractivity contribution is 7.07. The first-order valence-corrected chi connectivity index (χ1v) is 9.83. The molecule has 1 aliphatic rings. The van der Waals surface area contributed by atoms with E-state index in [1.807, 2.05) is 6.20 Å². The standard InChI is InChI=1S/C18H19N3S.C2HF3O2/c1-14-3-2-4-16(9-14)17-10-19-18-12-20(6-7-21(17)18)11-15-5-8-22-13-15;3-2(4,5)1(6)7/h2-5,8-10,13H,6-7,11-12H2,1H3;(H,6,7). The first kappa shape index (κ1) is 21.1. The van der Waals surface area contributed by atoms with E-state index in [0.717, 1.165) is 26.2 Å². The highest BCUT2D eigenvalue weighted by Gasteiger charge is 2.38. The number of benzene rings is 1. The number of hydrogen-bond donors (Lipinski definition) is 1. The summed E-state index contributed by atoms with van der Waals surface area (Å²) in [5, 5.41) is 11.5. The first-order valence-electron chi connectivity index (χ1n) is 8.89. The summed E-state index contributed by atoms with van der Waals surface area (Å²) in [6.45, 7) is 6.19. The largest absolute Gasteiger partial charge is 0.490 e. The van der Waals surface area contributed by atoms with Crippen LogP contribution in [0, 0.1) is 6.92 Å². The number of halogens is 3. The van der Waals surface area contributed by atoms with Crippen molar-refractivity contribution < 1.29 is 23.1 Å². The molecule has 29 heavy (non-hydrogen) atoms. The Morgan fingerprint density at radius 1 is 1.28 bits per heavy atom. The molecule has 1 aromatic carbocycles. The Hall–Kier alpha value is -2.65. The van der Waals surface area contributed by atoms with Gasteiger partial charge in [-0.3, -0.25) is 4.90 Å². The lowest BCUT2D eigenvalue weighted by molar-refractivity contribution is -0.192. The minimum Gasteiger partial charge on any atom is -0.475 e. The Morgan fingerprint density at radius 2 is 2.03 bits per heavy atom. The molecule has 3 aromatic rings. The van der Waals surface area contributed by atoms with E-state index < -0.39 is 12.1 Å². The monoisotopic (exact) mass is 423 g/mol. The van der Waals surface area contributed by atoms with Gasteiger partial charge in [0.1, 0.15) is 5.82 Å². The van der Waals surface area contributed by atoms with Gasteiger partial charge >= 0.3 is 12.1 Å². The van der Waals surface area contributed by atoms with E-state index in [2.05, 4.69) is 62.5 Å². The van der Waals surface area contributed by atoms with Crippen molar-refractivity contribution in [1.29, 1.82) is 0 Å². The number of rotatable bonds is 3. The summed E-state index contributed by atoms with van der Waals surface area (Å²) in [5.41, 5.74) is 5.21. The predicted octanol–water partition coefficient (Wildman–Crippen LogP) is 4.57. The molecule has 4 rings (SSSR count). The van der Waals surface area contributed by atoms with Crippen molar-refractivity contribution in [3.05, 3.63) is 64.2 Å². The van der Waals surface area contributed by atoms with E-state index in [1.165, 1.54) is 28.2 Å². The molecule has 3 heterocycles. The molecular formula is C20H20F3N3O2S. The highest BCUT2D eigenvalue weighted by atomic mass is 32.1. The molecule has 154 valence electrons. The fourth-order valence-corrected chi connectivity index (χ4v) is 3.78. The van der Waals surface area contributed by atoms with Crippen LogP contribution in [0.1, 0.15) is 17.0 Å². The van der Waals surface area contributed by atoms with E-state index in [9.17, 15) is 13.2 Å². The molecule has 0 saturated heterocycles. The summed E-state index contributed by atoms with van der Waals surface area (Å²) in [6.07, 6.45) is -3.06. The number of aryl methyl sites for hydroxylation is 1. The van der Waals surface area contributed by atoms with E-state index in [0.29, 0.717) is 0 Å². The Balaban J connectivity index is 0.000000298. The Morgan fingerprint density at radius 3 is 2.66 bits per heavy atom. The maximum absolute atomic E-state index is 10.6. The maximum Gasteiger partial charge on any atom is 0.490 e. The van der Waals surface area contributed by atoms with E-state index in [1.54, 1.807) is 11.3 Å². The number of thiophene rings is 1. The molecule has 0 fully saturated rings. The van der Waals surface area contributed by atoms with Gasteiger partial charge in [0.05, 0.1) is 18.4 Å². The van der Waals surface area contributed by atoms with Gasteiger partial charge in [0.2, 0.25) is 0 Å². The van der Waals surface area contributed by atoms with Crippen LogP contribution in [0.2, 0.25) is 0 Å². The molecule has 5 nitrogen and oxygen atoms in total. The molecule has 0 unspecified atom stereocenters. The molecule has 0 amide bonds. The third-order valence-corrected chi connectivity index (χ3v) is 5.22. The van der Waals surface area contributed by atoms with Gasteiger partial charge in [-0.25, -0.2) is 9.78 Å². The van der Waals surface area contributed by atoms with Crippen molar-refractivity contribution in [2.45, 2.75) is 32.7 Å². The normalized spacial score (nSPS) is 14.1. The zero-order valence-electron chi connectivity index (χ0n) is 15.7. The van der Waals surface area contributed by atoms with Crippen molar-refractivity contribution >= 4 is 17.3 Å². The average Bonchev–Trinajstić information content (AvgIpc) is 3.31. The zero-order valence-corrected chi connectivity index (χ0v) is 16.5. The minimum absolute atomic E-state index is 0.932. The van der Waals surface area contributed by atoms with Crippen LogP contribution in [0.15, 0.2) is 47.3 Å². The number of carboxylic acids is 1. The Bertz CT molecular complexity index is 968. The van der Waals surface area contributed by atoms with Gasteiger partial charge in [0, 0.05) is 25.2 Å². The summed E-state index contributed by atoms with van der Waals surface area (Å²) in [6, 6.07) is 10.9. The highest BCUT2D eigenvalue weighted by Crippen LogP contribution is 2.25. The third-order valence-electron chi connectivity index (χ3n) is 4.49. The quantitative estimate of drug-likeness (QED) is 0.671. The summed E-state index contributed by atoms with van der Waals surface area (Å²) in [4.78, 5) is 16.0. The number of carboxylic acid groups (broad SMARTS) is 1. The summed E-state index contributed by atoms with van der Waals surface area (Å²) in [5.74, 6) is -1.58. The Kier molecular flexibility index (Phi) is 6.39. The van der Waals surface area contributed by atoms with E-state index in [-0.39, 0.29) is 0 Å². The molecule has 0 saturated carbocycles. The Labute approximate surface area is 170 Å². The second-order valence-corrected chi connectivity index (χ2v) is 7.51. The number of nitrogens with zero attached hydrogens (tertiary/aromatic N) is 3. The van der Waals surface area contributed by atoms with Crippen LogP contribution in [-0.4, -0.2) is 38.2 Å². The number of aromatic nitrogens is 2. The van der Waals surface area contributed by atoms with Crippen LogP contribution >= 0.6 is 11.3 Å². The van der Waals surface area contributed by atoms with Crippen molar-refractivity contribution in [1.82, 2.24) is 14.5 Å². The molecule has 9 heteroatoms. The van der Waals surface area contributed by atoms with Gasteiger partial charge < -0.3 is 9.67 Å². The van der Waals surface area contributed by atoms with Gasteiger partial charge in [0.25, 0.3) is 0 Å². The third kappa shape index (κ3) is 5.45. The van der Waals surface area contributed by atoms with Crippen LogP contribution in [-0.2, 0) is 24.4 Å². The zero-order chi connectivity index (χ0) is 21.0. The topological polar surface area (TPSA) is 58.4 Å². The fourth-order valence-electron chi connectivity index (χ4n) is 3.12. The molecule has 1 N–H and O–H groups in total. The van der Waals surface area contributed by atoms with Crippen LogP contribution in [0.25, 0.3) is 11.3 Å². The molecule has 0 aliphatic carbocycles. The maximum atomic E-state index is 10.6. The smallest absolute Gasteiger partial charge is 0.475 e. The lowest BCUT2D eigenvalue weighted by Gasteiger charge is -2.28. The average molecular weight is 423 g/mol. The van der Waals surface area contributed by atoms with Crippen molar-refractivity contribution in [2.75, 3.05) is 6.54 Å². The van der Waals surface area contributed by atoms with Crippen LogP contribution in [0.3, 0.4) is 0 Å². The van der Waals surface area contributed by atoms with Crippen LogP contribution < -0.4 is 0 Å². The molecule has 1 aliphatic heterocycles. The van der Waals surface area contributed by atoms with E-state index in [4.69, 9.17) is 9.90 Å². The summed E-state index contributed by atoms with van der Waals surface area (Å²) in [7, 11) is 0. The number of fused-ring (bicyclic) bond motifs is 1. The lowest BCUT2D eigenvalue weighted by Crippen LogP contribution is -2.33. The molecule has 0 bridgehead atoms. The van der Waals surface area contributed by atoms with Crippen LogP contribution in [0.5, 0.6) is 0 Å². The molecule has 2 aromatic heterocycles. The van der Waals surface area contributed by atoms with Gasteiger partial charge in [-0.05, 0) is 35.4 Å². The molecule has 0 radical (unpaired) electrons.